The normalized spacial score (nSPS) is 15.0. The molecule has 8 heteroatoms. The molecule has 4 rings (SSSR count). The van der Waals surface area contributed by atoms with Crippen LogP contribution in [0, 0.1) is 13.8 Å². The second-order valence-corrected chi connectivity index (χ2v) is 7.47. The second kappa shape index (κ2) is 6.11. The van der Waals surface area contributed by atoms with E-state index in [1.54, 1.807) is 0 Å². The van der Waals surface area contributed by atoms with Crippen molar-refractivity contribution in [3.63, 3.8) is 0 Å². The van der Waals surface area contributed by atoms with E-state index >= 15 is 0 Å². The molecule has 0 amide bonds. The van der Waals surface area contributed by atoms with Crippen LogP contribution in [0.25, 0.3) is 20.9 Å². The Morgan fingerprint density at radius 2 is 1.76 bits per heavy atom. The molecule has 1 fully saturated rings. The van der Waals surface area contributed by atoms with Crippen molar-refractivity contribution in [3.05, 3.63) is 17.3 Å². The number of nitrogen functional groups attached to an aromatic ring is 2. The summed E-state index contributed by atoms with van der Waals surface area (Å²) in [4.78, 5) is 21.8. The summed E-state index contributed by atoms with van der Waals surface area (Å²) in [6.45, 7) is 5.93. The molecule has 0 atom stereocenters. The summed E-state index contributed by atoms with van der Waals surface area (Å²) in [7, 11) is 0. The Hall–Kier alpha value is -2.48. The van der Waals surface area contributed by atoms with E-state index in [9.17, 15) is 0 Å². The van der Waals surface area contributed by atoms with Crippen molar-refractivity contribution >= 4 is 39.1 Å². The maximum absolute atomic E-state index is 6.42. The third kappa shape index (κ3) is 2.86. The number of hydrogen-bond acceptors (Lipinski definition) is 8. The van der Waals surface area contributed by atoms with Gasteiger partial charge in [0.1, 0.15) is 4.83 Å². The average Bonchev–Trinajstić information content (AvgIpc) is 2.92. The van der Waals surface area contributed by atoms with Crippen LogP contribution in [0.2, 0.25) is 0 Å². The molecule has 4 heterocycles. The van der Waals surface area contributed by atoms with E-state index in [2.05, 4.69) is 24.8 Å². The van der Waals surface area contributed by atoms with Crippen molar-refractivity contribution in [1.82, 2.24) is 19.9 Å². The first-order valence-corrected chi connectivity index (χ1v) is 9.27. The Labute approximate surface area is 150 Å². The van der Waals surface area contributed by atoms with E-state index < -0.39 is 0 Å². The van der Waals surface area contributed by atoms with Crippen LogP contribution in [0.1, 0.15) is 30.5 Å². The summed E-state index contributed by atoms with van der Waals surface area (Å²) in [6.07, 6.45) is 3.54. The number of thiophene rings is 1. The lowest BCUT2D eigenvalue weighted by molar-refractivity contribution is 0.568. The molecule has 3 aromatic heterocycles. The summed E-state index contributed by atoms with van der Waals surface area (Å²) < 4.78 is 0. The Kier molecular flexibility index (Phi) is 3.91. The Morgan fingerprint density at radius 3 is 2.52 bits per heavy atom. The lowest BCUT2D eigenvalue weighted by Gasteiger charge is -2.26. The van der Waals surface area contributed by atoms with Crippen LogP contribution in [0.5, 0.6) is 0 Å². The van der Waals surface area contributed by atoms with Crippen molar-refractivity contribution in [2.45, 2.75) is 33.1 Å². The van der Waals surface area contributed by atoms with Gasteiger partial charge in [-0.1, -0.05) is 0 Å². The second-order valence-electron chi connectivity index (χ2n) is 6.47. The minimum Gasteiger partial charge on any atom is -0.397 e. The zero-order chi connectivity index (χ0) is 17.6. The molecule has 0 aromatic carbocycles. The summed E-state index contributed by atoms with van der Waals surface area (Å²) in [5.74, 6) is 1.40. The van der Waals surface area contributed by atoms with Gasteiger partial charge in [-0.3, -0.25) is 0 Å². The molecule has 4 N–H and O–H groups in total. The minimum atomic E-state index is 0.225. The fourth-order valence-electron chi connectivity index (χ4n) is 3.35. The van der Waals surface area contributed by atoms with Crippen molar-refractivity contribution in [1.29, 1.82) is 0 Å². The molecule has 0 saturated carbocycles. The lowest BCUT2D eigenvalue weighted by atomic mass is 10.1. The monoisotopic (exact) mass is 355 g/mol. The van der Waals surface area contributed by atoms with Crippen molar-refractivity contribution in [2.24, 2.45) is 0 Å². The first-order chi connectivity index (χ1) is 12.0. The summed E-state index contributed by atoms with van der Waals surface area (Å²) in [5, 5.41) is 0.976. The molecule has 1 saturated heterocycles. The highest BCUT2D eigenvalue weighted by atomic mass is 32.1. The number of aromatic nitrogens is 4. The SMILES string of the molecule is Cc1cc(C)c2c(N)c(-c3nc(N)nc(N4CCCCC4)n3)sc2n1. The molecule has 3 aromatic rings. The Balaban J connectivity index is 1.84. The topological polar surface area (TPSA) is 107 Å². The zero-order valence-corrected chi connectivity index (χ0v) is 15.2. The van der Waals surface area contributed by atoms with Gasteiger partial charge in [-0.25, -0.2) is 4.98 Å². The number of aryl methyl sites for hydroxylation is 2. The number of nitrogens with zero attached hydrogens (tertiary/aromatic N) is 5. The fraction of sp³-hybridized carbons (Fsp3) is 0.412. The van der Waals surface area contributed by atoms with Gasteiger partial charge in [-0.15, -0.1) is 11.3 Å². The van der Waals surface area contributed by atoms with Crippen LogP contribution in [0.3, 0.4) is 0 Å². The number of anilines is 3. The van der Waals surface area contributed by atoms with Crippen LogP contribution in [-0.4, -0.2) is 33.0 Å². The summed E-state index contributed by atoms with van der Waals surface area (Å²) >= 11 is 1.51. The van der Waals surface area contributed by atoms with Gasteiger partial charge in [-0.2, -0.15) is 15.0 Å². The number of piperidine rings is 1. The molecule has 0 radical (unpaired) electrons. The number of nitrogens with two attached hydrogens (primary N) is 2. The van der Waals surface area contributed by atoms with Gasteiger partial charge in [0.15, 0.2) is 5.82 Å². The molecule has 0 aliphatic carbocycles. The van der Waals surface area contributed by atoms with Gasteiger partial charge in [0, 0.05) is 24.2 Å². The van der Waals surface area contributed by atoms with E-state index in [1.807, 2.05) is 19.9 Å². The van der Waals surface area contributed by atoms with Gasteiger partial charge in [0.25, 0.3) is 0 Å². The van der Waals surface area contributed by atoms with Gasteiger partial charge >= 0.3 is 0 Å². The predicted octanol–water partition coefficient (Wildman–Crippen LogP) is 2.92. The summed E-state index contributed by atoms with van der Waals surface area (Å²) in [5.41, 5.74) is 15.1. The fourth-order valence-corrected chi connectivity index (χ4v) is 4.50. The van der Waals surface area contributed by atoms with Crippen LogP contribution in [0.4, 0.5) is 17.6 Å². The molecule has 0 spiro atoms. The van der Waals surface area contributed by atoms with Gasteiger partial charge in [0.05, 0.1) is 10.6 Å². The maximum atomic E-state index is 6.42. The average molecular weight is 355 g/mol. The van der Waals surface area contributed by atoms with Crippen LogP contribution in [-0.2, 0) is 0 Å². The maximum Gasteiger partial charge on any atom is 0.230 e. The minimum absolute atomic E-state index is 0.225. The molecule has 1 aliphatic heterocycles. The van der Waals surface area contributed by atoms with Gasteiger partial charge < -0.3 is 16.4 Å². The van der Waals surface area contributed by atoms with Gasteiger partial charge in [0.2, 0.25) is 11.9 Å². The Bertz CT molecular complexity index is 944. The molecule has 7 nitrogen and oxygen atoms in total. The number of pyridine rings is 1. The predicted molar refractivity (Wildman–Crippen MR) is 103 cm³/mol. The highest BCUT2D eigenvalue weighted by molar-refractivity contribution is 7.22. The number of hydrogen-bond donors (Lipinski definition) is 2. The molecule has 25 heavy (non-hydrogen) atoms. The third-order valence-electron chi connectivity index (χ3n) is 4.51. The highest BCUT2D eigenvalue weighted by Gasteiger charge is 2.20. The zero-order valence-electron chi connectivity index (χ0n) is 14.4. The largest absolute Gasteiger partial charge is 0.397 e. The first-order valence-electron chi connectivity index (χ1n) is 8.46. The quantitative estimate of drug-likeness (QED) is 0.728. The molecule has 0 bridgehead atoms. The number of rotatable bonds is 2. The molecule has 1 aliphatic rings. The van der Waals surface area contributed by atoms with E-state index in [1.165, 1.54) is 17.8 Å². The van der Waals surface area contributed by atoms with Crippen LogP contribution in [0.15, 0.2) is 6.07 Å². The van der Waals surface area contributed by atoms with Crippen molar-refractivity contribution < 1.29 is 0 Å². The smallest absolute Gasteiger partial charge is 0.230 e. The van der Waals surface area contributed by atoms with Crippen molar-refractivity contribution in [2.75, 3.05) is 29.5 Å². The van der Waals surface area contributed by atoms with E-state index in [-0.39, 0.29) is 5.95 Å². The van der Waals surface area contributed by atoms with Crippen LogP contribution >= 0.6 is 11.3 Å². The van der Waals surface area contributed by atoms with Crippen LogP contribution < -0.4 is 16.4 Å². The number of fused-ring (bicyclic) bond motifs is 1. The van der Waals surface area contributed by atoms with Crippen molar-refractivity contribution in [3.8, 4) is 10.7 Å². The lowest BCUT2D eigenvalue weighted by Crippen LogP contribution is -2.31. The Morgan fingerprint density at radius 1 is 1.00 bits per heavy atom. The van der Waals surface area contributed by atoms with Gasteiger partial charge in [-0.05, 0) is 44.7 Å². The molecular formula is C17H21N7S. The highest BCUT2D eigenvalue weighted by Crippen LogP contribution is 2.40. The molecular weight excluding hydrogens is 334 g/mol. The standard InChI is InChI=1S/C17H21N7S/c1-9-8-10(2)20-15-11(9)12(18)13(25-15)14-21-16(19)23-17(22-14)24-6-4-3-5-7-24/h8H,3-7,18H2,1-2H3,(H2,19,21,22,23). The van der Waals surface area contributed by atoms with E-state index in [0.29, 0.717) is 17.5 Å². The summed E-state index contributed by atoms with van der Waals surface area (Å²) in [6, 6.07) is 2.04. The van der Waals surface area contributed by atoms with E-state index in [0.717, 1.165) is 52.3 Å². The molecule has 0 unspecified atom stereocenters. The third-order valence-corrected chi connectivity index (χ3v) is 5.60. The van der Waals surface area contributed by atoms with E-state index in [4.69, 9.17) is 11.5 Å². The molecule has 130 valence electrons. The first kappa shape index (κ1) is 16.0.